The van der Waals surface area contributed by atoms with Gasteiger partial charge in [0.05, 0.1) is 12.1 Å². The number of ketones is 1. The summed E-state index contributed by atoms with van der Waals surface area (Å²) in [6.45, 7) is 6.11. The molecule has 0 radical (unpaired) electrons. The molecule has 4 nitrogen and oxygen atoms in total. The minimum absolute atomic E-state index is 0.183. The van der Waals surface area contributed by atoms with E-state index < -0.39 is 0 Å². The third-order valence-electron chi connectivity index (χ3n) is 2.69. The van der Waals surface area contributed by atoms with E-state index in [0.717, 1.165) is 18.5 Å². The van der Waals surface area contributed by atoms with Crippen molar-refractivity contribution in [3.8, 4) is 0 Å². The second-order valence-electron chi connectivity index (χ2n) is 4.97. The summed E-state index contributed by atoms with van der Waals surface area (Å²) in [6.07, 6.45) is 4.76. The Labute approximate surface area is 103 Å². The molecule has 1 rings (SSSR count). The summed E-state index contributed by atoms with van der Waals surface area (Å²) in [5, 5.41) is 4.36. The van der Waals surface area contributed by atoms with Crippen LogP contribution in [0.5, 0.6) is 0 Å². The molecule has 1 unspecified atom stereocenters. The fourth-order valence-corrected chi connectivity index (χ4v) is 1.67. The lowest BCUT2D eigenvalue weighted by molar-refractivity contribution is -0.118. The maximum absolute atomic E-state index is 11.7. The molecule has 17 heavy (non-hydrogen) atoms. The maximum Gasteiger partial charge on any atom is 0.138 e. The Morgan fingerprint density at radius 3 is 2.71 bits per heavy atom. The standard InChI is InChI=1S/C13H23N3O/c1-10(2)16-8-7-12(15-16)9-13(17)6-4-5-11(3)14/h7-8,10-11H,4-6,9,14H2,1-3H3. The van der Waals surface area contributed by atoms with Crippen LogP contribution in [0.2, 0.25) is 0 Å². The molecule has 96 valence electrons. The normalized spacial score (nSPS) is 13.0. The second kappa shape index (κ2) is 6.55. The number of hydrogen-bond acceptors (Lipinski definition) is 3. The first-order valence-electron chi connectivity index (χ1n) is 6.30. The number of Topliss-reactive ketones (excluding diaryl/α,β-unsaturated/α-hetero) is 1. The highest BCUT2D eigenvalue weighted by molar-refractivity contribution is 5.80. The Morgan fingerprint density at radius 1 is 1.47 bits per heavy atom. The summed E-state index contributed by atoms with van der Waals surface area (Å²) >= 11 is 0. The van der Waals surface area contributed by atoms with Crippen LogP contribution in [0.15, 0.2) is 12.3 Å². The summed E-state index contributed by atoms with van der Waals surface area (Å²) in [5.74, 6) is 0.250. The summed E-state index contributed by atoms with van der Waals surface area (Å²) < 4.78 is 1.88. The fourth-order valence-electron chi connectivity index (χ4n) is 1.67. The van der Waals surface area contributed by atoms with Gasteiger partial charge in [0.15, 0.2) is 0 Å². The number of rotatable bonds is 7. The van der Waals surface area contributed by atoms with E-state index in [2.05, 4.69) is 18.9 Å². The molecule has 1 aromatic rings. The number of carbonyl (C=O) groups is 1. The van der Waals surface area contributed by atoms with Crippen molar-refractivity contribution in [3.05, 3.63) is 18.0 Å². The van der Waals surface area contributed by atoms with Crippen molar-refractivity contribution < 1.29 is 4.79 Å². The fraction of sp³-hybridized carbons (Fsp3) is 0.692. The van der Waals surface area contributed by atoms with E-state index in [0.29, 0.717) is 18.9 Å². The smallest absolute Gasteiger partial charge is 0.138 e. The van der Waals surface area contributed by atoms with Gasteiger partial charge in [0.1, 0.15) is 5.78 Å². The maximum atomic E-state index is 11.7. The zero-order valence-corrected chi connectivity index (χ0v) is 11.0. The molecule has 0 bridgehead atoms. The van der Waals surface area contributed by atoms with E-state index in [-0.39, 0.29) is 11.8 Å². The van der Waals surface area contributed by atoms with Crippen molar-refractivity contribution in [2.24, 2.45) is 5.73 Å². The van der Waals surface area contributed by atoms with Crippen molar-refractivity contribution in [3.63, 3.8) is 0 Å². The van der Waals surface area contributed by atoms with E-state index in [1.807, 2.05) is 23.9 Å². The highest BCUT2D eigenvalue weighted by Crippen LogP contribution is 2.07. The number of carbonyl (C=O) groups excluding carboxylic acids is 1. The van der Waals surface area contributed by atoms with Gasteiger partial charge in [-0.1, -0.05) is 0 Å². The van der Waals surface area contributed by atoms with E-state index in [1.54, 1.807) is 0 Å². The third kappa shape index (κ3) is 5.13. The van der Waals surface area contributed by atoms with Gasteiger partial charge in [-0.25, -0.2) is 0 Å². The van der Waals surface area contributed by atoms with Crippen LogP contribution < -0.4 is 5.73 Å². The van der Waals surface area contributed by atoms with Gasteiger partial charge in [-0.3, -0.25) is 9.48 Å². The molecule has 0 saturated carbocycles. The Morgan fingerprint density at radius 2 is 2.18 bits per heavy atom. The average Bonchev–Trinajstić information content (AvgIpc) is 2.65. The second-order valence-corrected chi connectivity index (χ2v) is 4.97. The summed E-state index contributed by atoms with van der Waals surface area (Å²) in [7, 11) is 0. The lowest BCUT2D eigenvalue weighted by atomic mass is 10.1. The van der Waals surface area contributed by atoms with Gasteiger partial charge in [-0.15, -0.1) is 0 Å². The van der Waals surface area contributed by atoms with Gasteiger partial charge < -0.3 is 5.73 Å². The number of nitrogens with two attached hydrogens (primary N) is 1. The van der Waals surface area contributed by atoms with Crippen molar-refractivity contribution in [1.29, 1.82) is 0 Å². The van der Waals surface area contributed by atoms with Crippen molar-refractivity contribution in [2.45, 2.75) is 58.5 Å². The molecule has 0 aliphatic carbocycles. The molecule has 4 heteroatoms. The molecule has 0 saturated heterocycles. The molecule has 0 amide bonds. The molecule has 0 fully saturated rings. The van der Waals surface area contributed by atoms with Crippen LogP contribution in [-0.4, -0.2) is 21.6 Å². The van der Waals surface area contributed by atoms with E-state index in [9.17, 15) is 4.79 Å². The molecule has 1 atom stereocenters. The minimum atomic E-state index is 0.183. The lowest BCUT2D eigenvalue weighted by Crippen LogP contribution is -2.15. The number of hydrogen-bond donors (Lipinski definition) is 1. The largest absolute Gasteiger partial charge is 0.328 e. The minimum Gasteiger partial charge on any atom is -0.328 e. The topological polar surface area (TPSA) is 60.9 Å². The molecule has 0 aliphatic rings. The Hall–Kier alpha value is -1.16. The first-order chi connectivity index (χ1) is 7.99. The van der Waals surface area contributed by atoms with Crippen LogP contribution in [0.1, 0.15) is 51.8 Å². The van der Waals surface area contributed by atoms with Gasteiger partial charge >= 0.3 is 0 Å². The zero-order chi connectivity index (χ0) is 12.8. The molecular formula is C13H23N3O. The van der Waals surface area contributed by atoms with Crippen LogP contribution in [0.25, 0.3) is 0 Å². The summed E-state index contributed by atoms with van der Waals surface area (Å²) in [4.78, 5) is 11.7. The van der Waals surface area contributed by atoms with Gasteiger partial charge in [-0.05, 0) is 39.7 Å². The van der Waals surface area contributed by atoms with E-state index >= 15 is 0 Å². The molecule has 0 spiro atoms. The van der Waals surface area contributed by atoms with Crippen molar-refractivity contribution >= 4 is 5.78 Å². The van der Waals surface area contributed by atoms with Crippen LogP contribution in [0, 0.1) is 0 Å². The number of aromatic nitrogens is 2. The molecule has 0 aliphatic heterocycles. The number of nitrogens with zero attached hydrogens (tertiary/aromatic N) is 2. The molecule has 1 aromatic heterocycles. The van der Waals surface area contributed by atoms with Crippen LogP contribution in [0.3, 0.4) is 0 Å². The van der Waals surface area contributed by atoms with Crippen LogP contribution in [0.4, 0.5) is 0 Å². The highest BCUT2D eigenvalue weighted by atomic mass is 16.1. The highest BCUT2D eigenvalue weighted by Gasteiger charge is 2.08. The molecular weight excluding hydrogens is 214 g/mol. The molecule has 0 aromatic carbocycles. The Balaban J connectivity index is 2.34. The van der Waals surface area contributed by atoms with Gasteiger partial charge in [0.25, 0.3) is 0 Å². The zero-order valence-electron chi connectivity index (χ0n) is 11.0. The Kier molecular flexibility index (Phi) is 5.35. The van der Waals surface area contributed by atoms with Crippen LogP contribution in [-0.2, 0) is 11.2 Å². The monoisotopic (exact) mass is 237 g/mol. The molecule has 2 N–H and O–H groups in total. The first-order valence-corrected chi connectivity index (χ1v) is 6.30. The average molecular weight is 237 g/mol. The summed E-state index contributed by atoms with van der Waals surface area (Å²) in [6, 6.07) is 2.45. The third-order valence-corrected chi connectivity index (χ3v) is 2.69. The lowest BCUT2D eigenvalue weighted by Gasteiger charge is -2.04. The van der Waals surface area contributed by atoms with Crippen LogP contribution >= 0.6 is 0 Å². The molecule has 1 heterocycles. The van der Waals surface area contributed by atoms with E-state index in [4.69, 9.17) is 5.73 Å². The Bertz CT molecular complexity index is 355. The van der Waals surface area contributed by atoms with Crippen molar-refractivity contribution in [2.75, 3.05) is 0 Å². The quantitative estimate of drug-likeness (QED) is 0.790. The van der Waals surface area contributed by atoms with Crippen molar-refractivity contribution in [1.82, 2.24) is 9.78 Å². The van der Waals surface area contributed by atoms with E-state index in [1.165, 1.54) is 0 Å². The van der Waals surface area contributed by atoms with Gasteiger partial charge in [0, 0.05) is 24.7 Å². The first kappa shape index (κ1) is 13.9. The predicted octanol–water partition coefficient (Wildman–Crippen LogP) is 2.09. The summed E-state index contributed by atoms with van der Waals surface area (Å²) in [5.41, 5.74) is 6.51. The SMILES string of the molecule is CC(N)CCCC(=O)Cc1ccn(C(C)C)n1. The predicted molar refractivity (Wildman–Crippen MR) is 68.8 cm³/mol. The van der Waals surface area contributed by atoms with Gasteiger partial charge in [0.2, 0.25) is 0 Å². The van der Waals surface area contributed by atoms with Gasteiger partial charge in [-0.2, -0.15) is 5.10 Å².